The molecule has 0 amide bonds. The van der Waals surface area contributed by atoms with Crippen LogP contribution in [0.2, 0.25) is 0 Å². The number of hydrogen-bond donors (Lipinski definition) is 2. The number of hydrogen-bond acceptors (Lipinski definition) is 1. The molecule has 1 atom stereocenters. The zero-order valence-electron chi connectivity index (χ0n) is 14.5. The van der Waals surface area contributed by atoms with E-state index in [0.717, 1.165) is 6.42 Å². The molecular weight excluding hydrogens is 316 g/mol. The minimum Gasteiger partial charge on any atom is -0.371 e. The average molecular weight is 336 g/mol. The fraction of sp³-hybridized carbons (Fsp3) is 0.167. The van der Waals surface area contributed by atoms with Crippen LogP contribution >= 0.6 is 0 Å². The lowest BCUT2D eigenvalue weighted by Gasteiger charge is -2.44. The van der Waals surface area contributed by atoms with Gasteiger partial charge < -0.3 is 10.3 Å². The molecule has 1 unspecified atom stereocenters. The summed E-state index contributed by atoms with van der Waals surface area (Å²) in [7, 11) is 0. The number of fused-ring (bicyclic) bond motifs is 8. The first kappa shape index (κ1) is 14.2. The van der Waals surface area contributed by atoms with E-state index in [1.54, 1.807) is 0 Å². The number of rotatable bonds is 0. The molecule has 0 bridgehead atoms. The molecule has 0 fully saturated rings. The first-order valence-corrected chi connectivity index (χ1v) is 9.44. The van der Waals surface area contributed by atoms with E-state index in [1.165, 1.54) is 57.4 Å². The molecule has 2 nitrogen and oxygen atoms in total. The standard InChI is InChI=1S/C24H20N2/c1-4-12-19-16(8-1)9-7-15-24(19)22-17-10-2-5-13-20(17)25-23(22)18-11-3-6-14-21(18)26-24/h1-6,8,10-14,25-26H,7,9,15H2. The number of aromatic nitrogens is 1. The van der Waals surface area contributed by atoms with Crippen molar-refractivity contribution in [3.05, 3.63) is 89.5 Å². The van der Waals surface area contributed by atoms with Crippen LogP contribution in [0.3, 0.4) is 0 Å². The average Bonchev–Trinajstić information content (AvgIpc) is 3.09. The normalized spacial score (nSPS) is 20.3. The number of para-hydroxylation sites is 2. The summed E-state index contributed by atoms with van der Waals surface area (Å²) >= 11 is 0. The third-order valence-electron chi connectivity index (χ3n) is 6.15. The second-order valence-corrected chi connectivity index (χ2v) is 7.51. The molecule has 1 aliphatic carbocycles. The Morgan fingerprint density at radius 1 is 0.808 bits per heavy atom. The van der Waals surface area contributed by atoms with Crippen LogP contribution < -0.4 is 5.32 Å². The van der Waals surface area contributed by atoms with E-state index in [-0.39, 0.29) is 5.54 Å². The molecule has 2 N–H and O–H groups in total. The Hall–Kier alpha value is -3.00. The number of anilines is 1. The van der Waals surface area contributed by atoms with Crippen molar-refractivity contribution in [1.82, 2.24) is 4.98 Å². The topological polar surface area (TPSA) is 27.8 Å². The quantitative estimate of drug-likeness (QED) is 0.415. The molecule has 1 aromatic heterocycles. The van der Waals surface area contributed by atoms with Crippen molar-refractivity contribution < 1.29 is 0 Å². The number of benzene rings is 3. The Labute approximate surface area is 152 Å². The first-order valence-electron chi connectivity index (χ1n) is 9.44. The SMILES string of the molecule is c1ccc2c(c1)CCCC21Nc2ccccc2-c2[nH]c3ccccc3c21. The van der Waals surface area contributed by atoms with Crippen LogP contribution in [0.1, 0.15) is 29.5 Å². The first-order chi connectivity index (χ1) is 12.9. The van der Waals surface area contributed by atoms with Gasteiger partial charge in [0.05, 0.1) is 11.2 Å². The predicted octanol–water partition coefficient (Wildman–Crippen LogP) is 5.84. The molecule has 4 aromatic rings. The number of H-pyrrole nitrogens is 1. The Morgan fingerprint density at radius 3 is 2.62 bits per heavy atom. The molecule has 0 saturated heterocycles. The fourth-order valence-corrected chi connectivity index (χ4v) is 5.11. The Morgan fingerprint density at radius 2 is 1.62 bits per heavy atom. The van der Waals surface area contributed by atoms with Crippen LogP contribution in [0.25, 0.3) is 22.2 Å². The third kappa shape index (κ3) is 1.71. The largest absolute Gasteiger partial charge is 0.371 e. The van der Waals surface area contributed by atoms with E-state index in [1.807, 2.05) is 0 Å². The number of nitrogens with one attached hydrogen (secondary N) is 2. The van der Waals surface area contributed by atoms with Crippen molar-refractivity contribution in [2.45, 2.75) is 24.8 Å². The molecule has 1 aliphatic heterocycles. The van der Waals surface area contributed by atoms with Gasteiger partial charge in [-0.05, 0) is 42.5 Å². The van der Waals surface area contributed by atoms with Crippen molar-refractivity contribution in [1.29, 1.82) is 0 Å². The second kappa shape index (κ2) is 5.01. The summed E-state index contributed by atoms with van der Waals surface area (Å²) in [5.41, 5.74) is 9.16. The molecule has 3 aromatic carbocycles. The van der Waals surface area contributed by atoms with Crippen LogP contribution in [0.15, 0.2) is 72.8 Å². The van der Waals surface area contributed by atoms with Gasteiger partial charge >= 0.3 is 0 Å². The van der Waals surface area contributed by atoms with Crippen LogP contribution in [0.4, 0.5) is 5.69 Å². The lowest BCUT2D eigenvalue weighted by atomic mass is 9.69. The minimum atomic E-state index is -0.155. The molecule has 126 valence electrons. The predicted molar refractivity (Wildman–Crippen MR) is 108 cm³/mol. The molecule has 1 spiro atoms. The summed E-state index contributed by atoms with van der Waals surface area (Å²) in [6, 6.07) is 26.4. The molecule has 2 heteroatoms. The van der Waals surface area contributed by atoms with Gasteiger partial charge in [0.15, 0.2) is 0 Å². The fourth-order valence-electron chi connectivity index (χ4n) is 5.11. The molecular formula is C24H20N2. The van der Waals surface area contributed by atoms with Gasteiger partial charge in [0.25, 0.3) is 0 Å². The van der Waals surface area contributed by atoms with E-state index in [9.17, 15) is 0 Å². The van der Waals surface area contributed by atoms with Crippen molar-refractivity contribution >= 4 is 16.6 Å². The second-order valence-electron chi connectivity index (χ2n) is 7.51. The maximum absolute atomic E-state index is 3.98. The Bertz CT molecular complexity index is 1150. The van der Waals surface area contributed by atoms with Crippen molar-refractivity contribution in [3.8, 4) is 11.3 Å². The van der Waals surface area contributed by atoms with E-state index >= 15 is 0 Å². The van der Waals surface area contributed by atoms with Crippen molar-refractivity contribution in [2.75, 3.05) is 5.32 Å². The van der Waals surface area contributed by atoms with Crippen molar-refractivity contribution in [3.63, 3.8) is 0 Å². The van der Waals surface area contributed by atoms with Crippen LogP contribution in [-0.4, -0.2) is 4.98 Å². The minimum absolute atomic E-state index is 0.155. The van der Waals surface area contributed by atoms with Gasteiger partial charge in [-0.2, -0.15) is 0 Å². The molecule has 2 aliphatic rings. The summed E-state index contributed by atoms with van der Waals surface area (Å²) in [4.78, 5) is 3.73. The molecule has 0 radical (unpaired) electrons. The van der Waals surface area contributed by atoms with Gasteiger partial charge in [-0.25, -0.2) is 0 Å². The lowest BCUT2D eigenvalue weighted by molar-refractivity contribution is 0.480. The Balaban J connectivity index is 1.77. The van der Waals surface area contributed by atoms with E-state index in [0.29, 0.717) is 0 Å². The van der Waals surface area contributed by atoms with Gasteiger partial charge in [0.1, 0.15) is 0 Å². The monoisotopic (exact) mass is 336 g/mol. The van der Waals surface area contributed by atoms with Gasteiger partial charge in [-0.15, -0.1) is 0 Å². The molecule has 0 saturated carbocycles. The molecule has 2 heterocycles. The molecule has 6 rings (SSSR count). The lowest BCUT2D eigenvalue weighted by Crippen LogP contribution is -2.42. The van der Waals surface area contributed by atoms with Crippen molar-refractivity contribution in [2.24, 2.45) is 0 Å². The van der Waals surface area contributed by atoms with Crippen LogP contribution in [-0.2, 0) is 12.0 Å². The summed E-state index contributed by atoms with van der Waals surface area (Å²) in [6.07, 6.45) is 3.48. The summed E-state index contributed by atoms with van der Waals surface area (Å²) in [5.74, 6) is 0. The zero-order chi connectivity index (χ0) is 17.1. The smallest absolute Gasteiger partial charge is 0.0909 e. The van der Waals surface area contributed by atoms with Crippen LogP contribution in [0, 0.1) is 0 Å². The third-order valence-corrected chi connectivity index (χ3v) is 6.15. The maximum Gasteiger partial charge on any atom is 0.0909 e. The molecule has 26 heavy (non-hydrogen) atoms. The summed E-state index contributed by atoms with van der Waals surface area (Å²) in [5, 5.41) is 5.32. The van der Waals surface area contributed by atoms with E-state index in [4.69, 9.17) is 0 Å². The van der Waals surface area contributed by atoms with Gasteiger partial charge in [0.2, 0.25) is 0 Å². The highest BCUT2D eigenvalue weighted by atomic mass is 15.0. The maximum atomic E-state index is 3.98. The van der Waals surface area contributed by atoms with Gasteiger partial charge in [0, 0.05) is 27.7 Å². The van der Waals surface area contributed by atoms with Crippen LogP contribution in [0.5, 0.6) is 0 Å². The Kier molecular flexibility index (Phi) is 2.74. The highest BCUT2D eigenvalue weighted by molar-refractivity contribution is 5.98. The van der Waals surface area contributed by atoms with Gasteiger partial charge in [-0.3, -0.25) is 0 Å². The number of aryl methyl sites for hydroxylation is 1. The zero-order valence-corrected chi connectivity index (χ0v) is 14.5. The summed E-state index contributed by atoms with van der Waals surface area (Å²) < 4.78 is 0. The highest BCUT2D eigenvalue weighted by Crippen LogP contribution is 2.53. The summed E-state index contributed by atoms with van der Waals surface area (Å²) in [6.45, 7) is 0. The van der Waals surface area contributed by atoms with Gasteiger partial charge in [-0.1, -0.05) is 60.7 Å². The highest BCUT2D eigenvalue weighted by Gasteiger charge is 2.44. The van der Waals surface area contributed by atoms with E-state index in [2.05, 4.69) is 83.1 Å². The number of aromatic amines is 1. The van der Waals surface area contributed by atoms with E-state index < -0.39 is 0 Å².